The van der Waals surface area contributed by atoms with Crippen molar-refractivity contribution in [2.24, 2.45) is 11.7 Å². The van der Waals surface area contributed by atoms with Crippen molar-refractivity contribution >= 4 is 0 Å². The summed E-state index contributed by atoms with van der Waals surface area (Å²) >= 11 is 0. The first-order chi connectivity index (χ1) is 3.34. The summed E-state index contributed by atoms with van der Waals surface area (Å²) in [4.78, 5) is 0. The van der Waals surface area contributed by atoms with Gasteiger partial charge in [-0.1, -0.05) is 13.3 Å². The van der Waals surface area contributed by atoms with Gasteiger partial charge >= 0.3 is 0 Å². The Hall–Kier alpha value is -0.0400. The molecule has 1 rings (SSSR count). The van der Waals surface area contributed by atoms with Crippen molar-refractivity contribution in [1.29, 1.82) is 0 Å². The lowest BCUT2D eigenvalue weighted by Crippen LogP contribution is -2.38. The molecule has 0 bridgehead atoms. The molecule has 0 unspecified atom stereocenters. The Morgan fingerprint density at radius 1 is 1.57 bits per heavy atom. The van der Waals surface area contributed by atoms with Crippen LogP contribution in [0.5, 0.6) is 0 Å². The lowest BCUT2D eigenvalue weighted by Gasteiger charge is -2.32. The molecule has 2 N–H and O–H groups in total. The Morgan fingerprint density at radius 2 is 2.29 bits per heavy atom. The van der Waals surface area contributed by atoms with Crippen molar-refractivity contribution in [2.75, 3.05) is 0 Å². The van der Waals surface area contributed by atoms with Crippen LogP contribution in [0.25, 0.3) is 0 Å². The van der Waals surface area contributed by atoms with E-state index in [-0.39, 0.29) is 0 Å². The van der Waals surface area contributed by atoms with E-state index >= 15 is 0 Å². The number of nitrogens with two attached hydrogens (primary N) is 1. The molecule has 7 heavy (non-hydrogen) atoms. The second-order valence-corrected chi connectivity index (χ2v) is 2.41. The molecule has 0 aromatic carbocycles. The van der Waals surface area contributed by atoms with Crippen LogP contribution in [0.4, 0.5) is 0 Å². The normalized spacial score (nSPS) is 40.3. The van der Waals surface area contributed by atoms with Crippen molar-refractivity contribution in [2.45, 2.75) is 32.2 Å². The largest absolute Gasteiger partial charge is 0.327 e. The first-order valence-electron chi connectivity index (χ1n) is 3.10. The average Bonchev–Trinajstić information content (AvgIpc) is 1.65. The van der Waals surface area contributed by atoms with Gasteiger partial charge in [0.05, 0.1) is 0 Å². The highest BCUT2D eigenvalue weighted by molar-refractivity contribution is 4.81. The minimum absolute atomic E-state index is 0.546. The maximum absolute atomic E-state index is 5.63. The van der Waals surface area contributed by atoms with E-state index in [0.29, 0.717) is 6.04 Å². The quantitative estimate of drug-likeness (QED) is 0.524. The molecule has 1 aliphatic carbocycles. The predicted molar refractivity (Wildman–Crippen MR) is 31.0 cm³/mol. The van der Waals surface area contributed by atoms with Gasteiger partial charge in [-0.25, -0.2) is 0 Å². The van der Waals surface area contributed by atoms with Gasteiger partial charge in [0.25, 0.3) is 0 Å². The summed E-state index contributed by atoms with van der Waals surface area (Å²) in [5, 5.41) is 0. The molecule has 0 saturated heterocycles. The van der Waals surface area contributed by atoms with Crippen LogP contribution in [-0.2, 0) is 0 Å². The minimum Gasteiger partial charge on any atom is -0.327 e. The molecule has 0 aromatic rings. The van der Waals surface area contributed by atoms with Crippen LogP contribution in [0.3, 0.4) is 0 Å². The van der Waals surface area contributed by atoms with E-state index in [9.17, 15) is 0 Å². The second-order valence-electron chi connectivity index (χ2n) is 2.41. The van der Waals surface area contributed by atoms with Gasteiger partial charge in [0, 0.05) is 6.04 Å². The zero-order chi connectivity index (χ0) is 5.28. The molecule has 0 aliphatic heterocycles. The average molecular weight is 99.2 g/mol. The van der Waals surface area contributed by atoms with E-state index < -0.39 is 0 Å². The van der Waals surface area contributed by atoms with E-state index in [1.54, 1.807) is 0 Å². The van der Waals surface area contributed by atoms with Gasteiger partial charge in [0.15, 0.2) is 0 Å². The van der Waals surface area contributed by atoms with Crippen LogP contribution in [0.2, 0.25) is 0 Å². The summed E-state index contributed by atoms with van der Waals surface area (Å²) in [5.74, 6) is 0.861. The zero-order valence-corrected chi connectivity index (χ0v) is 4.85. The molecule has 0 radical (unpaired) electrons. The summed E-state index contributed by atoms with van der Waals surface area (Å²) in [5.41, 5.74) is 5.63. The highest BCUT2D eigenvalue weighted by Gasteiger charge is 2.24. The maximum Gasteiger partial charge on any atom is 0.00671 e. The SMILES string of the molecule is CC[C@@H]1CC[C@@H]1N. The van der Waals surface area contributed by atoms with E-state index in [1.807, 2.05) is 0 Å². The Bertz CT molecular complexity index is 59.2. The van der Waals surface area contributed by atoms with Crippen molar-refractivity contribution < 1.29 is 0 Å². The van der Waals surface area contributed by atoms with Gasteiger partial charge in [0.1, 0.15) is 0 Å². The molecule has 1 heteroatoms. The Morgan fingerprint density at radius 3 is 2.29 bits per heavy atom. The second kappa shape index (κ2) is 1.83. The Labute approximate surface area is 44.9 Å². The molecule has 0 amide bonds. The fraction of sp³-hybridized carbons (Fsp3) is 1.00. The molecule has 0 heterocycles. The molecule has 2 atom stereocenters. The van der Waals surface area contributed by atoms with Gasteiger partial charge in [-0.05, 0) is 18.8 Å². The monoisotopic (exact) mass is 99.1 g/mol. The van der Waals surface area contributed by atoms with Crippen LogP contribution in [0.15, 0.2) is 0 Å². The topological polar surface area (TPSA) is 26.0 Å². The fourth-order valence-electron chi connectivity index (χ4n) is 1.10. The predicted octanol–water partition coefficient (Wildman–Crippen LogP) is 1.13. The third-order valence-electron chi connectivity index (χ3n) is 2.00. The van der Waals surface area contributed by atoms with Gasteiger partial charge < -0.3 is 5.73 Å². The molecule has 1 fully saturated rings. The Balaban J connectivity index is 2.16. The molecule has 1 nitrogen and oxygen atoms in total. The van der Waals surface area contributed by atoms with Gasteiger partial charge in [-0.3, -0.25) is 0 Å². The highest BCUT2D eigenvalue weighted by atomic mass is 14.7. The van der Waals surface area contributed by atoms with Crippen LogP contribution in [-0.4, -0.2) is 6.04 Å². The molecular weight excluding hydrogens is 86.1 g/mol. The number of hydrogen-bond donors (Lipinski definition) is 1. The first-order valence-corrected chi connectivity index (χ1v) is 3.10. The van der Waals surface area contributed by atoms with Crippen molar-refractivity contribution in [3.8, 4) is 0 Å². The first kappa shape index (κ1) is 5.10. The minimum atomic E-state index is 0.546. The summed E-state index contributed by atoms with van der Waals surface area (Å²) in [7, 11) is 0. The van der Waals surface area contributed by atoms with Gasteiger partial charge in [0.2, 0.25) is 0 Å². The van der Waals surface area contributed by atoms with E-state index in [2.05, 4.69) is 6.92 Å². The summed E-state index contributed by atoms with van der Waals surface area (Å²) in [6.45, 7) is 2.21. The van der Waals surface area contributed by atoms with Crippen molar-refractivity contribution in [3.05, 3.63) is 0 Å². The van der Waals surface area contributed by atoms with E-state index in [1.165, 1.54) is 19.3 Å². The fourth-order valence-corrected chi connectivity index (χ4v) is 1.10. The maximum atomic E-state index is 5.63. The summed E-state index contributed by atoms with van der Waals surface area (Å²) in [6.07, 6.45) is 3.91. The Kier molecular flexibility index (Phi) is 1.33. The van der Waals surface area contributed by atoms with Crippen LogP contribution in [0.1, 0.15) is 26.2 Å². The zero-order valence-electron chi connectivity index (χ0n) is 4.85. The van der Waals surface area contributed by atoms with Crippen LogP contribution >= 0.6 is 0 Å². The number of hydrogen-bond acceptors (Lipinski definition) is 1. The van der Waals surface area contributed by atoms with Crippen LogP contribution < -0.4 is 5.73 Å². The molecular formula is C6H13N. The third kappa shape index (κ3) is 0.778. The lowest BCUT2D eigenvalue weighted by atomic mass is 9.79. The molecule has 0 aromatic heterocycles. The smallest absolute Gasteiger partial charge is 0.00671 e. The van der Waals surface area contributed by atoms with Gasteiger partial charge in [-0.15, -0.1) is 0 Å². The van der Waals surface area contributed by atoms with E-state index in [4.69, 9.17) is 5.73 Å². The number of rotatable bonds is 1. The summed E-state index contributed by atoms with van der Waals surface area (Å²) < 4.78 is 0. The van der Waals surface area contributed by atoms with Crippen molar-refractivity contribution in [1.82, 2.24) is 0 Å². The van der Waals surface area contributed by atoms with Crippen LogP contribution in [0, 0.1) is 5.92 Å². The summed E-state index contributed by atoms with van der Waals surface area (Å²) in [6, 6.07) is 0.546. The van der Waals surface area contributed by atoms with Gasteiger partial charge in [-0.2, -0.15) is 0 Å². The molecule has 0 spiro atoms. The highest BCUT2D eigenvalue weighted by Crippen LogP contribution is 2.27. The molecule has 42 valence electrons. The molecule has 1 saturated carbocycles. The lowest BCUT2D eigenvalue weighted by molar-refractivity contribution is 0.250. The molecule has 1 aliphatic rings. The van der Waals surface area contributed by atoms with Crippen molar-refractivity contribution in [3.63, 3.8) is 0 Å². The third-order valence-corrected chi connectivity index (χ3v) is 2.00. The standard InChI is InChI=1S/C6H13N/c1-2-5-3-4-6(5)7/h5-6H,2-4,7H2,1H3/t5-,6+/m1/s1. The van der Waals surface area contributed by atoms with E-state index in [0.717, 1.165) is 5.92 Å².